The molecule has 0 radical (unpaired) electrons. The van der Waals surface area contributed by atoms with E-state index >= 15 is 0 Å². The van der Waals surface area contributed by atoms with Gasteiger partial charge in [-0.25, -0.2) is 8.42 Å². The first kappa shape index (κ1) is 21.7. The molecule has 7 nitrogen and oxygen atoms in total. The first-order chi connectivity index (χ1) is 13.4. The van der Waals surface area contributed by atoms with E-state index < -0.39 is 10.0 Å². The minimum absolute atomic E-state index is 0.162. The number of sulfonamides is 1. The zero-order valence-electron chi connectivity index (χ0n) is 16.6. The van der Waals surface area contributed by atoms with Crippen LogP contribution in [0, 0.1) is 0 Å². The van der Waals surface area contributed by atoms with Crippen molar-refractivity contribution in [1.29, 1.82) is 0 Å². The van der Waals surface area contributed by atoms with E-state index in [-0.39, 0.29) is 10.8 Å². The van der Waals surface area contributed by atoms with Crippen LogP contribution in [-0.4, -0.2) is 45.4 Å². The number of carbonyl (C=O) groups is 1. The Balaban J connectivity index is 2.18. The Bertz CT molecular complexity index is 907. The lowest BCUT2D eigenvalue weighted by atomic mass is 10.2. The molecule has 1 N–H and O–H groups in total. The van der Waals surface area contributed by atoms with Crippen LogP contribution in [0.2, 0.25) is 0 Å². The summed E-state index contributed by atoms with van der Waals surface area (Å²) in [6.45, 7) is 6.73. The molecular weight excluding hydrogens is 380 g/mol. The summed E-state index contributed by atoms with van der Waals surface area (Å²) < 4.78 is 37.1. The SMILES string of the molecule is CCOc1ccc(NC(=O)c2ccc(S(=O)(=O)N(CC)CC)cc2)cc1OC. The van der Waals surface area contributed by atoms with Crippen LogP contribution in [0.1, 0.15) is 31.1 Å². The van der Waals surface area contributed by atoms with Gasteiger partial charge in [0.1, 0.15) is 0 Å². The molecule has 0 aliphatic carbocycles. The number of benzene rings is 2. The van der Waals surface area contributed by atoms with Gasteiger partial charge in [0.25, 0.3) is 5.91 Å². The maximum Gasteiger partial charge on any atom is 0.255 e. The predicted molar refractivity (Wildman–Crippen MR) is 109 cm³/mol. The molecule has 0 spiro atoms. The van der Waals surface area contributed by atoms with Gasteiger partial charge in [0, 0.05) is 30.4 Å². The van der Waals surface area contributed by atoms with Gasteiger partial charge in [-0.3, -0.25) is 4.79 Å². The molecule has 0 saturated carbocycles. The molecule has 152 valence electrons. The van der Waals surface area contributed by atoms with E-state index in [1.165, 1.54) is 35.7 Å². The number of ether oxygens (including phenoxy) is 2. The van der Waals surface area contributed by atoms with Crippen molar-refractivity contribution in [2.75, 3.05) is 32.1 Å². The van der Waals surface area contributed by atoms with Gasteiger partial charge in [0.05, 0.1) is 18.6 Å². The van der Waals surface area contributed by atoms with Crippen LogP contribution in [0.3, 0.4) is 0 Å². The monoisotopic (exact) mass is 406 g/mol. The zero-order valence-corrected chi connectivity index (χ0v) is 17.4. The summed E-state index contributed by atoms with van der Waals surface area (Å²) in [6, 6.07) is 11.0. The largest absolute Gasteiger partial charge is 0.493 e. The lowest BCUT2D eigenvalue weighted by Gasteiger charge is -2.18. The number of hydrogen-bond donors (Lipinski definition) is 1. The van der Waals surface area contributed by atoms with Crippen molar-refractivity contribution >= 4 is 21.6 Å². The van der Waals surface area contributed by atoms with Crippen molar-refractivity contribution in [1.82, 2.24) is 4.31 Å². The van der Waals surface area contributed by atoms with Gasteiger partial charge in [-0.2, -0.15) is 4.31 Å². The average Bonchev–Trinajstić information content (AvgIpc) is 2.70. The molecule has 2 aromatic carbocycles. The smallest absolute Gasteiger partial charge is 0.255 e. The van der Waals surface area contributed by atoms with Crippen LogP contribution in [0.4, 0.5) is 5.69 Å². The van der Waals surface area contributed by atoms with E-state index in [4.69, 9.17) is 9.47 Å². The number of rotatable bonds is 9. The average molecular weight is 407 g/mol. The third-order valence-electron chi connectivity index (χ3n) is 4.18. The van der Waals surface area contributed by atoms with Crippen molar-refractivity contribution in [2.45, 2.75) is 25.7 Å². The quantitative estimate of drug-likeness (QED) is 0.690. The Kier molecular flexibility index (Phi) is 7.42. The van der Waals surface area contributed by atoms with Crippen LogP contribution in [0.25, 0.3) is 0 Å². The number of hydrogen-bond acceptors (Lipinski definition) is 5. The van der Waals surface area contributed by atoms with Gasteiger partial charge in [0.15, 0.2) is 11.5 Å². The zero-order chi connectivity index (χ0) is 20.7. The lowest BCUT2D eigenvalue weighted by molar-refractivity contribution is 0.102. The molecule has 28 heavy (non-hydrogen) atoms. The fraction of sp³-hybridized carbons (Fsp3) is 0.350. The highest BCUT2D eigenvalue weighted by atomic mass is 32.2. The van der Waals surface area contributed by atoms with Crippen LogP contribution in [0.15, 0.2) is 47.4 Å². The first-order valence-electron chi connectivity index (χ1n) is 9.09. The molecule has 1 amide bonds. The molecule has 8 heteroatoms. The van der Waals surface area contributed by atoms with Gasteiger partial charge in [0.2, 0.25) is 10.0 Å². The Morgan fingerprint density at radius 2 is 1.64 bits per heavy atom. The van der Waals surface area contributed by atoms with Gasteiger partial charge in [-0.05, 0) is 43.3 Å². The molecule has 0 bridgehead atoms. The standard InChI is InChI=1S/C20H26N2O5S/c1-5-22(6-2)28(24,25)17-11-8-15(9-12-17)20(23)21-16-10-13-18(27-7-3)19(14-16)26-4/h8-14H,5-7H2,1-4H3,(H,21,23). The number of nitrogens with one attached hydrogen (secondary N) is 1. The van der Waals surface area contributed by atoms with Crippen molar-refractivity contribution in [2.24, 2.45) is 0 Å². The minimum Gasteiger partial charge on any atom is -0.493 e. The van der Waals surface area contributed by atoms with E-state index in [1.54, 1.807) is 32.0 Å². The molecule has 2 rings (SSSR count). The van der Waals surface area contributed by atoms with Gasteiger partial charge in [-0.15, -0.1) is 0 Å². The van der Waals surface area contributed by atoms with Gasteiger partial charge >= 0.3 is 0 Å². The van der Waals surface area contributed by atoms with Crippen LogP contribution >= 0.6 is 0 Å². The fourth-order valence-electron chi connectivity index (χ4n) is 2.71. The Morgan fingerprint density at radius 3 is 2.18 bits per heavy atom. The maximum absolute atomic E-state index is 12.5. The third kappa shape index (κ3) is 4.82. The second-order valence-electron chi connectivity index (χ2n) is 5.87. The van der Waals surface area contributed by atoms with E-state index in [0.29, 0.717) is 42.4 Å². The molecule has 0 aliphatic rings. The summed E-state index contributed by atoms with van der Waals surface area (Å²) in [7, 11) is -2.02. The van der Waals surface area contributed by atoms with Crippen molar-refractivity contribution in [3.05, 3.63) is 48.0 Å². The number of anilines is 1. The lowest BCUT2D eigenvalue weighted by Crippen LogP contribution is -2.30. The number of nitrogens with zero attached hydrogens (tertiary/aromatic N) is 1. The van der Waals surface area contributed by atoms with Gasteiger partial charge in [-0.1, -0.05) is 13.8 Å². The van der Waals surface area contributed by atoms with E-state index in [0.717, 1.165) is 0 Å². The van der Waals surface area contributed by atoms with Crippen LogP contribution in [-0.2, 0) is 10.0 Å². The van der Waals surface area contributed by atoms with Crippen molar-refractivity contribution < 1.29 is 22.7 Å². The summed E-state index contributed by atoms with van der Waals surface area (Å²) in [5.41, 5.74) is 0.900. The topological polar surface area (TPSA) is 84.9 Å². The summed E-state index contributed by atoms with van der Waals surface area (Å²) in [5.74, 6) is 0.757. The number of carbonyl (C=O) groups excluding carboxylic acids is 1. The molecular formula is C20H26N2O5S. The molecule has 0 heterocycles. The van der Waals surface area contributed by atoms with E-state index in [1.807, 2.05) is 6.92 Å². The Labute approximate surface area is 166 Å². The molecule has 0 saturated heterocycles. The summed E-state index contributed by atoms with van der Waals surface area (Å²) in [5, 5.41) is 2.77. The summed E-state index contributed by atoms with van der Waals surface area (Å²) in [4.78, 5) is 12.7. The third-order valence-corrected chi connectivity index (χ3v) is 6.25. The molecule has 0 aromatic heterocycles. The highest BCUT2D eigenvalue weighted by Gasteiger charge is 2.21. The van der Waals surface area contributed by atoms with Crippen molar-refractivity contribution in [3.8, 4) is 11.5 Å². The Hall–Kier alpha value is -2.58. The highest BCUT2D eigenvalue weighted by molar-refractivity contribution is 7.89. The normalized spacial score (nSPS) is 11.3. The second kappa shape index (κ2) is 9.57. The molecule has 2 aromatic rings. The second-order valence-corrected chi connectivity index (χ2v) is 7.80. The predicted octanol–water partition coefficient (Wildman–Crippen LogP) is 3.38. The Morgan fingerprint density at radius 1 is 1.00 bits per heavy atom. The molecule has 0 unspecified atom stereocenters. The summed E-state index contributed by atoms with van der Waals surface area (Å²) in [6.07, 6.45) is 0. The van der Waals surface area contributed by atoms with E-state index in [2.05, 4.69) is 5.32 Å². The van der Waals surface area contributed by atoms with Crippen LogP contribution < -0.4 is 14.8 Å². The molecule has 0 aliphatic heterocycles. The number of amides is 1. The first-order valence-corrected chi connectivity index (χ1v) is 10.5. The number of methoxy groups -OCH3 is 1. The maximum atomic E-state index is 12.5. The minimum atomic E-state index is -3.55. The molecule has 0 atom stereocenters. The van der Waals surface area contributed by atoms with Crippen molar-refractivity contribution in [3.63, 3.8) is 0 Å². The summed E-state index contributed by atoms with van der Waals surface area (Å²) >= 11 is 0. The fourth-order valence-corrected chi connectivity index (χ4v) is 4.17. The van der Waals surface area contributed by atoms with Gasteiger partial charge < -0.3 is 14.8 Å². The molecule has 0 fully saturated rings. The van der Waals surface area contributed by atoms with E-state index in [9.17, 15) is 13.2 Å². The highest BCUT2D eigenvalue weighted by Crippen LogP contribution is 2.30. The van der Waals surface area contributed by atoms with Crippen LogP contribution in [0.5, 0.6) is 11.5 Å².